The number of rotatable bonds is 4. The van der Waals surface area contributed by atoms with E-state index in [4.69, 9.17) is 4.52 Å². The quantitative estimate of drug-likeness (QED) is 0.870. The van der Waals surface area contributed by atoms with Crippen LogP contribution in [0.2, 0.25) is 0 Å². The van der Waals surface area contributed by atoms with Crippen molar-refractivity contribution < 1.29 is 9.32 Å². The lowest BCUT2D eigenvalue weighted by molar-refractivity contribution is -0.121. The summed E-state index contributed by atoms with van der Waals surface area (Å²) in [6, 6.07) is 7.78. The number of anilines is 1. The van der Waals surface area contributed by atoms with Crippen molar-refractivity contribution in [2.45, 2.75) is 25.8 Å². The summed E-state index contributed by atoms with van der Waals surface area (Å²) in [5, 5.41) is 9.82. The van der Waals surface area contributed by atoms with Crippen LogP contribution < -0.4 is 10.6 Å². The second kappa shape index (κ2) is 5.32. The van der Waals surface area contributed by atoms with E-state index in [9.17, 15) is 4.79 Å². The largest absolute Gasteiger partial charge is 0.373 e. The molecule has 3 rings (SSSR count). The third kappa shape index (κ3) is 2.64. The average molecular weight is 272 g/mol. The molecule has 0 saturated carbocycles. The first kappa shape index (κ1) is 12.7. The molecule has 0 aliphatic carbocycles. The fourth-order valence-corrected chi connectivity index (χ4v) is 2.31. The minimum Gasteiger partial charge on any atom is -0.373 e. The van der Waals surface area contributed by atoms with E-state index in [1.165, 1.54) is 5.56 Å². The van der Waals surface area contributed by atoms with Crippen molar-refractivity contribution >= 4 is 11.6 Å². The summed E-state index contributed by atoms with van der Waals surface area (Å²) >= 11 is 0. The first-order valence-corrected chi connectivity index (χ1v) is 6.64. The Morgan fingerprint density at radius 1 is 1.50 bits per heavy atom. The molecular weight excluding hydrogens is 256 g/mol. The van der Waals surface area contributed by atoms with E-state index in [1.54, 1.807) is 6.92 Å². The number of carbonyl (C=O) groups excluding carboxylic acids is 1. The molecule has 1 atom stereocenters. The Labute approximate surface area is 116 Å². The van der Waals surface area contributed by atoms with Gasteiger partial charge in [-0.1, -0.05) is 23.4 Å². The minimum atomic E-state index is -0.197. The monoisotopic (exact) mass is 272 g/mol. The molecule has 1 aliphatic heterocycles. The van der Waals surface area contributed by atoms with Crippen molar-refractivity contribution in [2.24, 2.45) is 0 Å². The van der Waals surface area contributed by atoms with Crippen molar-refractivity contribution in [1.29, 1.82) is 0 Å². The smallest absolute Gasteiger partial charge is 0.242 e. The van der Waals surface area contributed by atoms with Crippen LogP contribution in [0.5, 0.6) is 0 Å². The van der Waals surface area contributed by atoms with Gasteiger partial charge < -0.3 is 15.2 Å². The molecule has 6 heteroatoms. The van der Waals surface area contributed by atoms with Crippen molar-refractivity contribution in [2.75, 3.05) is 11.9 Å². The molecular formula is C14H16N4O2. The van der Waals surface area contributed by atoms with Gasteiger partial charge in [-0.05, 0) is 18.6 Å². The number of carbonyl (C=O) groups is 1. The van der Waals surface area contributed by atoms with Gasteiger partial charge in [-0.15, -0.1) is 0 Å². The molecule has 1 unspecified atom stereocenters. The summed E-state index contributed by atoms with van der Waals surface area (Å²) in [4.78, 5) is 16.2. The maximum atomic E-state index is 12.1. The van der Waals surface area contributed by atoms with Gasteiger partial charge in [0.2, 0.25) is 11.8 Å². The van der Waals surface area contributed by atoms with Crippen LogP contribution in [0, 0.1) is 6.92 Å². The van der Waals surface area contributed by atoms with E-state index in [0.717, 1.165) is 12.1 Å². The van der Waals surface area contributed by atoms with E-state index in [1.807, 2.05) is 24.3 Å². The normalized spacial score (nSPS) is 16.6. The van der Waals surface area contributed by atoms with Crippen LogP contribution in [-0.2, 0) is 17.6 Å². The summed E-state index contributed by atoms with van der Waals surface area (Å²) in [6.45, 7) is 2.26. The van der Waals surface area contributed by atoms with Gasteiger partial charge in [-0.2, -0.15) is 4.98 Å². The molecule has 1 amide bonds. The molecule has 0 radical (unpaired) electrons. The molecule has 0 spiro atoms. The Morgan fingerprint density at radius 2 is 2.35 bits per heavy atom. The average Bonchev–Trinajstić information content (AvgIpc) is 3.04. The number of nitrogens with one attached hydrogen (secondary N) is 2. The van der Waals surface area contributed by atoms with Gasteiger partial charge in [-0.3, -0.25) is 4.79 Å². The maximum absolute atomic E-state index is 12.1. The molecule has 0 fully saturated rings. The molecule has 0 bridgehead atoms. The number of para-hydroxylation sites is 1. The Bertz CT molecular complexity index is 598. The SMILES string of the molecule is Cc1noc(CCNC(=O)C2Cc3ccccc3N2)n1. The van der Waals surface area contributed by atoms with Crippen LogP contribution in [0.25, 0.3) is 0 Å². The Kier molecular flexibility index (Phi) is 3.37. The standard InChI is InChI=1S/C14H16N4O2/c1-9-16-13(20-18-9)6-7-15-14(19)12-8-10-4-2-3-5-11(10)17-12/h2-5,12,17H,6-8H2,1H3,(H,15,19). The van der Waals surface area contributed by atoms with Crippen molar-refractivity contribution in [1.82, 2.24) is 15.5 Å². The van der Waals surface area contributed by atoms with Gasteiger partial charge in [-0.25, -0.2) is 0 Å². The van der Waals surface area contributed by atoms with E-state index in [2.05, 4.69) is 20.8 Å². The zero-order valence-corrected chi connectivity index (χ0v) is 11.2. The van der Waals surface area contributed by atoms with Gasteiger partial charge in [0.1, 0.15) is 6.04 Å². The number of aryl methyl sites for hydroxylation is 1. The number of amides is 1. The van der Waals surface area contributed by atoms with Gasteiger partial charge in [0, 0.05) is 25.1 Å². The van der Waals surface area contributed by atoms with Crippen LogP contribution in [0.15, 0.2) is 28.8 Å². The lowest BCUT2D eigenvalue weighted by Crippen LogP contribution is -2.39. The lowest BCUT2D eigenvalue weighted by atomic mass is 10.1. The molecule has 2 N–H and O–H groups in total. The fourth-order valence-electron chi connectivity index (χ4n) is 2.31. The van der Waals surface area contributed by atoms with Crippen LogP contribution in [0.1, 0.15) is 17.3 Å². The highest BCUT2D eigenvalue weighted by Gasteiger charge is 2.25. The van der Waals surface area contributed by atoms with Crippen molar-refractivity contribution in [3.05, 3.63) is 41.5 Å². The molecule has 1 aromatic heterocycles. The number of aromatic nitrogens is 2. The highest BCUT2D eigenvalue weighted by atomic mass is 16.5. The van der Waals surface area contributed by atoms with Crippen molar-refractivity contribution in [3.8, 4) is 0 Å². The second-order valence-corrected chi connectivity index (χ2v) is 4.83. The molecule has 20 heavy (non-hydrogen) atoms. The third-order valence-corrected chi connectivity index (χ3v) is 3.30. The lowest BCUT2D eigenvalue weighted by Gasteiger charge is -2.11. The number of fused-ring (bicyclic) bond motifs is 1. The van der Waals surface area contributed by atoms with Gasteiger partial charge >= 0.3 is 0 Å². The van der Waals surface area contributed by atoms with Crippen molar-refractivity contribution in [3.63, 3.8) is 0 Å². The predicted molar refractivity (Wildman–Crippen MR) is 73.3 cm³/mol. The Hall–Kier alpha value is -2.37. The first-order chi connectivity index (χ1) is 9.72. The van der Waals surface area contributed by atoms with Crippen LogP contribution in [0.4, 0.5) is 5.69 Å². The minimum absolute atomic E-state index is 0.00237. The van der Waals surface area contributed by atoms with Crippen LogP contribution in [0.3, 0.4) is 0 Å². The summed E-state index contributed by atoms with van der Waals surface area (Å²) in [7, 11) is 0. The summed E-state index contributed by atoms with van der Waals surface area (Å²) in [5.41, 5.74) is 2.22. The topological polar surface area (TPSA) is 80.0 Å². The van der Waals surface area contributed by atoms with Crippen LogP contribution >= 0.6 is 0 Å². The van der Waals surface area contributed by atoms with E-state index >= 15 is 0 Å². The predicted octanol–water partition coefficient (Wildman–Crippen LogP) is 1.07. The molecule has 1 aromatic carbocycles. The highest BCUT2D eigenvalue weighted by Crippen LogP contribution is 2.24. The third-order valence-electron chi connectivity index (χ3n) is 3.30. The number of hydrogen-bond donors (Lipinski definition) is 2. The Morgan fingerprint density at radius 3 is 3.10 bits per heavy atom. The molecule has 0 saturated heterocycles. The fraction of sp³-hybridized carbons (Fsp3) is 0.357. The second-order valence-electron chi connectivity index (χ2n) is 4.83. The summed E-state index contributed by atoms with van der Waals surface area (Å²) < 4.78 is 4.99. The highest BCUT2D eigenvalue weighted by molar-refractivity contribution is 5.87. The van der Waals surface area contributed by atoms with Gasteiger partial charge in [0.05, 0.1) is 0 Å². The molecule has 2 aromatic rings. The van der Waals surface area contributed by atoms with E-state index < -0.39 is 0 Å². The zero-order valence-electron chi connectivity index (χ0n) is 11.2. The van der Waals surface area contributed by atoms with Gasteiger partial charge in [0.25, 0.3) is 0 Å². The van der Waals surface area contributed by atoms with Gasteiger partial charge in [0.15, 0.2) is 5.82 Å². The van der Waals surface area contributed by atoms with E-state index in [0.29, 0.717) is 24.7 Å². The summed E-state index contributed by atoms with van der Waals surface area (Å²) in [6.07, 6.45) is 1.27. The number of nitrogens with zero attached hydrogens (tertiary/aromatic N) is 2. The zero-order chi connectivity index (χ0) is 13.9. The first-order valence-electron chi connectivity index (χ1n) is 6.64. The molecule has 2 heterocycles. The Balaban J connectivity index is 1.49. The number of hydrogen-bond acceptors (Lipinski definition) is 5. The van der Waals surface area contributed by atoms with E-state index in [-0.39, 0.29) is 11.9 Å². The summed E-state index contributed by atoms with van der Waals surface area (Å²) in [5.74, 6) is 1.15. The van der Waals surface area contributed by atoms with Crippen LogP contribution in [-0.4, -0.2) is 28.6 Å². The number of benzene rings is 1. The molecule has 1 aliphatic rings. The molecule has 6 nitrogen and oxygen atoms in total. The molecule has 104 valence electrons. The maximum Gasteiger partial charge on any atom is 0.242 e.